The molecule has 0 radical (unpaired) electrons. The predicted octanol–water partition coefficient (Wildman–Crippen LogP) is 3.22. The van der Waals surface area contributed by atoms with Crippen molar-refractivity contribution in [2.24, 2.45) is 0 Å². The second-order valence-corrected chi connectivity index (χ2v) is 4.83. The molecular weight excluding hydrogens is 310 g/mol. The first-order valence-corrected chi connectivity index (χ1v) is 7.45. The van der Waals surface area contributed by atoms with E-state index in [0.717, 1.165) is 5.06 Å². The summed E-state index contributed by atoms with van der Waals surface area (Å²) in [6.07, 6.45) is 0. The number of para-hydroxylation sites is 1. The number of hydrogen-bond acceptors (Lipinski definition) is 5. The molecule has 0 fully saturated rings. The Morgan fingerprint density at radius 1 is 1.04 bits per heavy atom. The van der Waals surface area contributed by atoms with Gasteiger partial charge in [-0.3, -0.25) is 4.79 Å². The van der Waals surface area contributed by atoms with Crippen LogP contribution in [0.15, 0.2) is 48.5 Å². The number of hydroxylamine groups is 1. The highest BCUT2D eigenvalue weighted by atomic mass is 16.7. The Morgan fingerprint density at radius 2 is 1.75 bits per heavy atom. The molecule has 0 saturated carbocycles. The van der Waals surface area contributed by atoms with Crippen molar-refractivity contribution in [3.05, 3.63) is 54.1 Å². The van der Waals surface area contributed by atoms with Gasteiger partial charge in [0.2, 0.25) is 0 Å². The van der Waals surface area contributed by atoms with Gasteiger partial charge in [-0.25, -0.2) is 4.79 Å². The first-order chi connectivity index (χ1) is 11.6. The molecule has 0 atom stereocenters. The second-order valence-electron chi connectivity index (χ2n) is 4.83. The van der Waals surface area contributed by atoms with Gasteiger partial charge in [-0.15, -0.1) is 5.06 Å². The number of rotatable bonds is 5. The molecule has 1 amide bonds. The molecule has 0 aliphatic heterocycles. The zero-order valence-corrected chi connectivity index (χ0v) is 13.8. The van der Waals surface area contributed by atoms with Crippen LogP contribution in [-0.4, -0.2) is 25.6 Å². The maximum absolute atomic E-state index is 12.4. The van der Waals surface area contributed by atoms with Crippen molar-refractivity contribution in [2.45, 2.75) is 13.8 Å². The summed E-state index contributed by atoms with van der Waals surface area (Å²) in [5, 5.41) is 0.950. The molecule has 126 valence electrons. The van der Waals surface area contributed by atoms with Crippen molar-refractivity contribution >= 4 is 17.6 Å². The topological polar surface area (TPSA) is 65.1 Å². The summed E-state index contributed by atoms with van der Waals surface area (Å²) < 4.78 is 10.6. The predicted molar refractivity (Wildman–Crippen MR) is 89.2 cm³/mol. The second kappa shape index (κ2) is 8.01. The lowest BCUT2D eigenvalue weighted by Crippen LogP contribution is -2.31. The van der Waals surface area contributed by atoms with E-state index >= 15 is 0 Å². The summed E-state index contributed by atoms with van der Waals surface area (Å²) in [4.78, 5) is 29.4. The molecule has 2 aromatic rings. The summed E-state index contributed by atoms with van der Waals surface area (Å²) in [6, 6.07) is 13.3. The average molecular weight is 329 g/mol. The van der Waals surface area contributed by atoms with E-state index in [1.165, 1.54) is 20.1 Å². The monoisotopic (exact) mass is 329 g/mol. The van der Waals surface area contributed by atoms with Crippen LogP contribution in [0.4, 0.5) is 5.69 Å². The quantitative estimate of drug-likeness (QED) is 0.788. The number of amides is 1. The fourth-order valence-corrected chi connectivity index (χ4v) is 2.07. The van der Waals surface area contributed by atoms with Crippen molar-refractivity contribution in [3.8, 4) is 11.5 Å². The van der Waals surface area contributed by atoms with Gasteiger partial charge in [0.1, 0.15) is 0 Å². The van der Waals surface area contributed by atoms with Crippen LogP contribution in [0.2, 0.25) is 0 Å². The third-order valence-electron chi connectivity index (χ3n) is 3.15. The molecule has 2 aromatic carbocycles. The van der Waals surface area contributed by atoms with E-state index in [-0.39, 0.29) is 5.56 Å². The van der Waals surface area contributed by atoms with Crippen LogP contribution in [0.25, 0.3) is 0 Å². The normalized spacial score (nSPS) is 9.96. The Labute approximate surface area is 140 Å². The van der Waals surface area contributed by atoms with E-state index in [0.29, 0.717) is 23.8 Å². The first kappa shape index (κ1) is 17.3. The van der Waals surface area contributed by atoms with Crippen LogP contribution in [0.5, 0.6) is 11.5 Å². The number of benzene rings is 2. The number of nitrogens with zero attached hydrogens (tertiary/aromatic N) is 1. The van der Waals surface area contributed by atoms with Gasteiger partial charge in [0.05, 0.1) is 25.0 Å². The fraction of sp³-hybridized carbons (Fsp3) is 0.222. The summed E-state index contributed by atoms with van der Waals surface area (Å²) in [5.74, 6) is -0.133. The van der Waals surface area contributed by atoms with Gasteiger partial charge >= 0.3 is 5.97 Å². The molecule has 6 nitrogen and oxygen atoms in total. The first-order valence-electron chi connectivity index (χ1n) is 7.45. The van der Waals surface area contributed by atoms with Crippen LogP contribution in [0.3, 0.4) is 0 Å². The molecule has 0 bridgehead atoms. The molecule has 6 heteroatoms. The molecule has 0 N–H and O–H groups in total. The van der Waals surface area contributed by atoms with Gasteiger partial charge in [0.25, 0.3) is 5.91 Å². The maximum Gasteiger partial charge on any atom is 0.363 e. The standard InChI is InChI=1S/C18H19NO5/c1-4-23-16-11-10-14(12-17(16)22-3)18(21)24-19(13(2)20)15-8-6-5-7-9-15/h5-12H,4H2,1-3H3. The molecule has 2 rings (SSSR count). The highest BCUT2D eigenvalue weighted by Crippen LogP contribution is 2.28. The summed E-state index contributed by atoms with van der Waals surface area (Å²) in [7, 11) is 1.48. The highest BCUT2D eigenvalue weighted by Gasteiger charge is 2.20. The van der Waals surface area contributed by atoms with Crippen LogP contribution < -0.4 is 14.5 Å². The molecular formula is C18H19NO5. The van der Waals surface area contributed by atoms with Crippen molar-refractivity contribution in [1.29, 1.82) is 0 Å². The number of methoxy groups -OCH3 is 1. The van der Waals surface area contributed by atoms with Crippen LogP contribution in [0.1, 0.15) is 24.2 Å². The Bertz CT molecular complexity index is 715. The Kier molecular flexibility index (Phi) is 5.78. The molecule has 0 spiro atoms. The van der Waals surface area contributed by atoms with Crippen LogP contribution in [-0.2, 0) is 9.63 Å². The minimum Gasteiger partial charge on any atom is -0.493 e. The lowest BCUT2D eigenvalue weighted by atomic mass is 10.2. The smallest absolute Gasteiger partial charge is 0.363 e. The minimum atomic E-state index is -0.671. The Balaban J connectivity index is 2.23. The maximum atomic E-state index is 12.4. The fourth-order valence-electron chi connectivity index (χ4n) is 2.07. The van der Waals surface area contributed by atoms with Crippen molar-refractivity contribution < 1.29 is 23.9 Å². The summed E-state index contributed by atoms with van der Waals surface area (Å²) in [5.41, 5.74) is 0.716. The zero-order chi connectivity index (χ0) is 17.5. The highest BCUT2D eigenvalue weighted by molar-refractivity contribution is 5.96. The van der Waals surface area contributed by atoms with Crippen LogP contribution >= 0.6 is 0 Å². The van der Waals surface area contributed by atoms with E-state index in [1.807, 2.05) is 6.92 Å². The molecule has 0 aromatic heterocycles. The third kappa shape index (κ3) is 4.04. The molecule has 0 aliphatic carbocycles. The zero-order valence-electron chi connectivity index (χ0n) is 13.8. The van der Waals surface area contributed by atoms with E-state index < -0.39 is 11.9 Å². The average Bonchev–Trinajstić information content (AvgIpc) is 2.60. The van der Waals surface area contributed by atoms with E-state index in [9.17, 15) is 9.59 Å². The lowest BCUT2D eigenvalue weighted by Gasteiger charge is -2.19. The number of hydrogen-bond donors (Lipinski definition) is 0. The van der Waals surface area contributed by atoms with Gasteiger partial charge in [-0.05, 0) is 37.3 Å². The lowest BCUT2D eigenvalue weighted by molar-refractivity contribution is -0.122. The van der Waals surface area contributed by atoms with Gasteiger partial charge in [-0.1, -0.05) is 18.2 Å². The van der Waals surface area contributed by atoms with Gasteiger partial charge in [0, 0.05) is 6.92 Å². The van der Waals surface area contributed by atoms with E-state index in [2.05, 4.69) is 0 Å². The van der Waals surface area contributed by atoms with Crippen LogP contribution in [0, 0.1) is 0 Å². The molecule has 0 aliphatic rings. The third-order valence-corrected chi connectivity index (χ3v) is 3.15. The SMILES string of the molecule is CCOc1ccc(C(=O)ON(C(C)=O)c2ccccc2)cc1OC. The number of anilines is 1. The van der Waals surface area contributed by atoms with Gasteiger partial charge in [0.15, 0.2) is 11.5 Å². The number of carbonyl (C=O) groups excluding carboxylic acids is 2. The van der Waals surface area contributed by atoms with Crippen molar-refractivity contribution in [1.82, 2.24) is 0 Å². The number of carbonyl (C=O) groups is 2. The molecule has 0 saturated heterocycles. The van der Waals surface area contributed by atoms with E-state index in [4.69, 9.17) is 14.3 Å². The summed E-state index contributed by atoms with van der Waals surface area (Å²) >= 11 is 0. The Hall–Kier alpha value is -3.02. The van der Waals surface area contributed by atoms with Crippen molar-refractivity contribution in [2.75, 3.05) is 18.8 Å². The summed E-state index contributed by atoms with van der Waals surface area (Å²) in [6.45, 7) is 3.65. The van der Waals surface area contributed by atoms with Gasteiger partial charge < -0.3 is 14.3 Å². The molecule has 0 heterocycles. The Morgan fingerprint density at radius 3 is 2.33 bits per heavy atom. The minimum absolute atomic E-state index is 0.248. The van der Waals surface area contributed by atoms with E-state index in [1.54, 1.807) is 42.5 Å². The van der Waals surface area contributed by atoms with Crippen molar-refractivity contribution in [3.63, 3.8) is 0 Å². The molecule has 0 unspecified atom stereocenters. The molecule has 24 heavy (non-hydrogen) atoms. The largest absolute Gasteiger partial charge is 0.493 e. The van der Waals surface area contributed by atoms with Gasteiger partial charge in [-0.2, -0.15) is 0 Å². The number of ether oxygens (including phenoxy) is 2.